The summed E-state index contributed by atoms with van der Waals surface area (Å²) in [6.07, 6.45) is 1.80. The lowest BCUT2D eigenvalue weighted by molar-refractivity contribution is 0.194. The number of carbonyl (C=O) groups excluding carboxylic acids is 1. The number of benzene rings is 1. The second kappa shape index (κ2) is 7.46. The molecule has 1 aliphatic heterocycles. The monoisotopic (exact) mass is 374 g/mol. The van der Waals surface area contributed by atoms with E-state index in [1.165, 1.54) is 0 Å². The lowest BCUT2D eigenvalue weighted by atomic mass is 10.2. The summed E-state index contributed by atoms with van der Waals surface area (Å²) < 4.78 is 1.02. The van der Waals surface area contributed by atoms with Gasteiger partial charge < -0.3 is 15.1 Å². The van der Waals surface area contributed by atoms with Gasteiger partial charge in [0.15, 0.2) is 0 Å². The Balaban J connectivity index is 1.48. The molecule has 1 aromatic carbocycles. The molecule has 3 rings (SSSR count). The highest BCUT2D eigenvalue weighted by Gasteiger charge is 2.21. The van der Waals surface area contributed by atoms with Crippen molar-refractivity contribution in [2.45, 2.75) is 6.54 Å². The van der Waals surface area contributed by atoms with Crippen molar-refractivity contribution in [3.63, 3.8) is 0 Å². The summed E-state index contributed by atoms with van der Waals surface area (Å²) in [6.45, 7) is 3.57. The molecule has 120 valence electrons. The van der Waals surface area contributed by atoms with Gasteiger partial charge in [-0.15, -0.1) is 0 Å². The summed E-state index contributed by atoms with van der Waals surface area (Å²) >= 11 is 3.44. The smallest absolute Gasteiger partial charge is 0.317 e. The molecular weight excluding hydrogens is 356 g/mol. The van der Waals surface area contributed by atoms with Crippen molar-refractivity contribution in [1.29, 1.82) is 0 Å². The lowest BCUT2D eigenvalue weighted by Crippen LogP contribution is -2.51. The molecule has 1 N–H and O–H groups in total. The van der Waals surface area contributed by atoms with Crippen LogP contribution in [-0.2, 0) is 6.54 Å². The van der Waals surface area contributed by atoms with Crippen molar-refractivity contribution in [3.8, 4) is 0 Å². The standard InChI is InChI=1S/C17H19BrN4O/c18-15-5-3-4-14(12-15)13-20-17(23)22-10-8-21(9-11-22)16-6-1-2-7-19-16/h1-7,12H,8-11,13H2,(H,20,23). The minimum atomic E-state index is -0.00866. The van der Waals surface area contributed by atoms with E-state index in [0.717, 1.165) is 28.9 Å². The number of halogens is 1. The molecule has 0 saturated carbocycles. The van der Waals surface area contributed by atoms with E-state index in [1.807, 2.05) is 47.4 Å². The number of piperazine rings is 1. The van der Waals surface area contributed by atoms with Crippen LogP contribution < -0.4 is 10.2 Å². The number of urea groups is 1. The minimum absolute atomic E-state index is 0.00866. The van der Waals surface area contributed by atoms with Crippen molar-refractivity contribution >= 4 is 27.8 Å². The fraction of sp³-hybridized carbons (Fsp3) is 0.294. The second-order valence-electron chi connectivity index (χ2n) is 5.45. The van der Waals surface area contributed by atoms with Crippen molar-refractivity contribution in [2.75, 3.05) is 31.1 Å². The van der Waals surface area contributed by atoms with E-state index in [4.69, 9.17) is 0 Å². The largest absolute Gasteiger partial charge is 0.353 e. The van der Waals surface area contributed by atoms with Gasteiger partial charge >= 0.3 is 6.03 Å². The van der Waals surface area contributed by atoms with Crippen LogP contribution in [0.5, 0.6) is 0 Å². The van der Waals surface area contributed by atoms with Gasteiger partial charge in [0.2, 0.25) is 0 Å². The molecule has 1 aliphatic rings. The number of nitrogens with zero attached hydrogens (tertiary/aromatic N) is 3. The molecule has 1 fully saturated rings. The molecule has 0 spiro atoms. The Hall–Kier alpha value is -2.08. The van der Waals surface area contributed by atoms with Crippen LogP contribution in [0.15, 0.2) is 53.1 Å². The van der Waals surface area contributed by atoms with Gasteiger partial charge in [0.1, 0.15) is 5.82 Å². The molecule has 5 nitrogen and oxygen atoms in total. The molecule has 1 aromatic heterocycles. The highest BCUT2D eigenvalue weighted by Crippen LogP contribution is 2.13. The first-order chi connectivity index (χ1) is 11.2. The van der Waals surface area contributed by atoms with E-state index in [0.29, 0.717) is 19.6 Å². The predicted molar refractivity (Wildman–Crippen MR) is 94.4 cm³/mol. The van der Waals surface area contributed by atoms with E-state index in [1.54, 1.807) is 6.20 Å². The summed E-state index contributed by atoms with van der Waals surface area (Å²) in [5, 5.41) is 2.98. The van der Waals surface area contributed by atoms with Crippen LogP contribution in [0.3, 0.4) is 0 Å². The fourth-order valence-electron chi connectivity index (χ4n) is 2.62. The molecule has 23 heavy (non-hydrogen) atoms. The zero-order chi connectivity index (χ0) is 16.1. The number of hydrogen-bond donors (Lipinski definition) is 1. The fourth-order valence-corrected chi connectivity index (χ4v) is 3.06. The van der Waals surface area contributed by atoms with E-state index in [-0.39, 0.29) is 6.03 Å². The Morgan fingerprint density at radius 2 is 1.96 bits per heavy atom. The summed E-state index contributed by atoms with van der Waals surface area (Å²) in [5.74, 6) is 0.974. The van der Waals surface area contributed by atoms with E-state index in [2.05, 4.69) is 31.1 Å². The van der Waals surface area contributed by atoms with Gasteiger partial charge in [-0.3, -0.25) is 0 Å². The molecule has 6 heteroatoms. The first-order valence-corrected chi connectivity index (χ1v) is 8.45. The zero-order valence-corrected chi connectivity index (χ0v) is 14.4. The van der Waals surface area contributed by atoms with Crippen LogP contribution in [-0.4, -0.2) is 42.1 Å². The molecule has 2 heterocycles. The van der Waals surface area contributed by atoms with Gasteiger partial charge in [-0.1, -0.05) is 34.1 Å². The summed E-state index contributed by atoms with van der Waals surface area (Å²) in [5.41, 5.74) is 1.08. The van der Waals surface area contributed by atoms with Crippen molar-refractivity contribution < 1.29 is 4.79 Å². The number of amides is 2. The molecular formula is C17H19BrN4O. The number of nitrogens with one attached hydrogen (secondary N) is 1. The van der Waals surface area contributed by atoms with Gasteiger partial charge in [0, 0.05) is 43.4 Å². The maximum Gasteiger partial charge on any atom is 0.317 e. The normalized spacial score (nSPS) is 14.7. The van der Waals surface area contributed by atoms with Gasteiger partial charge in [-0.05, 0) is 29.8 Å². The Morgan fingerprint density at radius 3 is 2.65 bits per heavy atom. The maximum absolute atomic E-state index is 12.3. The quantitative estimate of drug-likeness (QED) is 0.898. The van der Waals surface area contributed by atoms with Crippen molar-refractivity contribution in [2.24, 2.45) is 0 Å². The highest BCUT2D eigenvalue weighted by atomic mass is 79.9. The van der Waals surface area contributed by atoms with Gasteiger partial charge in [-0.2, -0.15) is 0 Å². The molecule has 2 aromatic rings. The Bertz CT molecular complexity index is 657. The second-order valence-corrected chi connectivity index (χ2v) is 6.37. The van der Waals surface area contributed by atoms with E-state index >= 15 is 0 Å². The van der Waals surface area contributed by atoms with Crippen LogP contribution >= 0.6 is 15.9 Å². The summed E-state index contributed by atoms with van der Waals surface area (Å²) in [6, 6.07) is 13.9. The number of aromatic nitrogens is 1. The third kappa shape index (κ3) is 4.22. The van der Waals surface area contributed by atoms with Crippen LogP contribution in [0.25, 0.3) is 0 Å². The predicted octanol–water partition coefficient (Wildman–Crippen LogP) is 2.88. The topological polar surface area (TPSA) is 48.5 Å². The van der Waals surface area contributed by atoms with Crippen molar-refractivity contribution in [1.82, 2.24) is 15.2 Å². The SMILES string of the molecule is O=C(NCc1cccc(Br)c1)N1CCN(c2ccccn2)CC1. The third-order valence-corrected chi connectivity index (χ3v) is 4.37. The molecule has 1 saturated heterocycles. The zero-order valence-electron chi connectivity index (χ0n) is 12.8. The number of hydrogen-bond acceptors (Lipinski definition) is 3. The average Bonchev–Trinajstić information content (AvgIpc) is 2.61. The minimum Gasteiger partial charge on any atom is -0.353 e. The van der Waals surface area contributed by atoms with Crippen LogP contribution in [0.1, 0.15) is 5.56 Å². The van der Waals surface area contributed by atoms with Crippen LogP contribution in [0, 0.1) is 0 Å². The molecule has 0 bridgehead atoms. The van der Waals surface area contributed by atoms with E-state index < -0.39 is 0 Å². The third-order valence-electron chi connectivity index (χ3n) is 3.87. The summed E-state index contributed by atoms with van der Waals surface area (Å²) in [4.78, 5) is 20.7. The van der Waals surface area contributed by atoms with Crippen LogP contribution in [0.4, 0.5) is 10.6 Å². The molecule has 0 unspecified atom stereocenters. The lowest BCUT2D eigenvalue weighted by Gasteiger charge is -2.35. The Labute approximate surface area is 144 Å². The maximum atomic E-state index is 12.3. The number of rotatable bonds is 3. The highest BCUT2D eigenvalue weighted by molar-refractivity contribution is 9.10. The van der Waals surface area contributed by atoms with Gasteiger partial charge in [0.25, 0.3) is 0 Å². The van der Waals surface area contributed by atoms with Gasteiger partial charge in [-0.25, -0.2) is 9.78 Å². The van der Waals surface area contributed by atoms with E-state index in [9.17, 15) is 4.79 Å². The molecule has 0 radical (unpaired) electrons. The molecule has 0 aliphatic carbocycles. The molecule has 0 atom stereocenters. The number of pyridine rings is 1. The first kappa shape index (κ1) is 15.8. The average molecular weight is 375 g/mol. The van der Waals surface area contributed by atoms with Gasteiger partial charge in [0.05, 0.1) is 0 Å². The Morgan fingerprint density at radius 1 is 1.13 bits per heavy atom. The first-order valence-electron chi connectivity index (χ1n) is 7.65. The number of carbonyl (C=O) groups is 1. The summed E-state index contributed by atoms with van der Waals surface area (Å²) in [7, 11) is 0. The Kier molecular flexibility index (Phi) is 5.12. The van der Waals surface area contributed by atoms with Crippen LogP contribution in [0.2, 0.25) is 0 Å². The van der Waals surface area contributed by atoms with Crippen molar-refractivity contribution in [3.05, 3.63) is 58.7 Å². The number of anilines is 1. The molecule has 2 amide bonds.